The average molecular weight is 843 g/mol. The van der Waals surface area contributed by atoms with Gasteiger partial charge in [0.05, 0.1) is 106 Å². The first kappa shape index (κ1) is 44.3. The van der Waals surface area contributed by atoms with Crippen molar-refractivity contribution in [1.29, 1.82) is 0 Å². The van der Waals surface area contributed by atoms with Crippen molar-refractivity contribution in [3.63, 3.8) is 0 Å². The van der Waals surface area contributed by atoms with E-state index in [9.17, 15) is 0 Å². The predicted octanol–water partition coefficient (Wildman–Crippen LogP) is 2.34. The minimum Gasteiger partial charge on any atom is -0.687 e. The maximum absolute atomic E-state index is 5.66. The van der Waals surface area contributed by atoms with Crippen LogP contribution in [0.15, 0.2) is 23.9 Å². The smallest absolute Gasteiger partial charge is 0.687 e. The monoisotopic (exact) mass is 840 g/mol. The van der Waals surface area contributed by atoms with Gasteiger partial charge in [-0.3, -0.25) is 9.80 Å². The Labute approximate surface area is 308 Å². The second-order valence-electron chi connectivity index (χ2n) is 11.0. The molecule has 0 aromatic rings. The summed E-state index contributed by atoms with van der Waals surface area (Å²) < 4.78 is 44.3. The molecular formula is C32H58Ag2N4O8. The summed E-state index contributed by atoms with van der Waals surface area (Å²) in [5, 5.41) is 8.62. The van der Waals surface area contributed by atoms with E-state index in [1.54, 1.807) is 0 Å². The summed E-state index contributed by atoms with van der Waals surface area (Å²) in [4.78, 5) is 4.82. The van der Waals surface area contributed by atoms with Gasteiger partial charge in [0, 0.05) is 39.3 Å². The summed E-state index contributed by atoms with van der Waals surface area (Å²) in [7, 11) is 0. The quantitative estimate of drug-likeness (QED) is 0.392. The van der Waals surface area contributed by atoms with Crippen molar-refractivity contribution in [2.24, 2.45) is 5.92 Å². The second kappa shape index (κ2) is 32.5. The molecule has 0 aromatic carbocycles. The Hall–Kier alpha value is 0.321. The van der Waals surface area contributed by atoms with Crippen LogP contribution in [0, 0.1) is 5.92 Å². The van der Waals surface area contributed by atoms with Crippen LogP contribution in [0.2, 0.25) is 0 Å². The van der Waals surface area contributed by atoms with Gasteiger partial charge in [0.15, 0.2) is 0 Å². The maximum Gasteiger partial charge on any atom is 1.00 e. The third kappa shape index (κ3) is 24.5. The van der Waals surface area contributed by atoms with Crippen LogP contribution in [0.4, 0.5) is 0 Å². The van der Waals surface area contributed by atoms with E-state index in [0.29, 0.717) is 92.5 Å². The molecule has 0 spiro atoms. The molecule has 0 aromatic heterocycles. The summed E-state index contributed by atoms with van der Waals surface area (Å²) >= 11 is 0. The Kier molecular flexibility index (Phi) is 31.3. The third-order valence-corrected chi connectivity index (χ3v) is 7.61. The summed E-state index contributed by atoms with van der Waals surface area (Å²) in [6, 6.07) is 0. The molecule has 4 aliphatic heterocycles. The minimum absolute atomic E-state index is 0. The Morgan fingerprint density at radius 1 is 0.543 bits per heavy atom. The zero-order valence-electron chi connectivity index (χ0n) is 27.6. The van der Waals surface area contributed by atoms with E-state index in [1.807, 2.05) is 6.20 Å². The van der Waals surface area contributed by atoms with E-state index < -0.39 is 0 Å². The molecule has 3 fully saturated rings. The standard InChI is InChI=1S/C16H31N2O4.C16H27N2O4.2Ag/c2*1-3-17-4-2-16(1)15-18-5-7-19-9-11-21-13-14-22-12-10-20-8-6-18;;/h16H,1-15H2;1-3H,4-15H2;;/q2*-1;2*+1. The topological polar surface area (TPSA) is 109 Å². The van der Waals surface area contributed by atoms with Gasteiger partial charge in [0.25, 0.3) is 0 Å². The maximum atomic E-state index is 5.66. The molecule has 276 valence electrons. The molecule has 14 heteroatoms. The first-order valence-electron chi connectivity index (χ1n) is 16.6. The van der Waals surface area contributed by atoms with Crippen LogP contribution in [-0.2, 0) is 82.7 Å². The van der Waals surface area contributed by atoms with Gasteiger partial charge in [-0.05, 0) is 11.5 Å². The Morgan fingerprint density at radius 2 is 0.935 bits per heavy atom. The summed E-state index contributed by atoms with van der Waals surface area (Å²) in [6.07, 6.45) is 8.56. The Balaban J connectivity index is 0.000000441. The van der Waals surface area contributed by atoms with Gasteiger partial charge in [-0.25, -0.2) is 0 Å². The number of hydrogen-bond acceptors (Lipinski definition) is 10. The summed E-state index contributed by atoms with van der Waals surface area (Å²) in [5.74, 6) is 0.770. The van der Waals surface area contributed by atoms with E-state index in [0.717, 1.165) is 78.0 Å². The van der Waals surface area contributed by atoms with Gasteiger partial charge in [-0.15, -0.1) is 19.6 Å². The molecule has 4 rings (SSSR count). The van der Waals surface area contributed by atoms with E-state index in [2.05, 4.69) is 32.6 Å². The van der Waals surface area contributed by atoms with Gasteiger partial charge >= 0.3 is 44.8 Å². The number of piperidine rings is 1. The SMILES string of the molecule is C1=CC(CN2CCOCCOCCOCCOCC2)=CC[N-]1.C1CC(CN2CCOCCOCCOCCOCC2)CC[N-]1.[Ag+].[Ag+]. The molecular weight excluding hydrogens is 784 g/mol. The number of ether oxygens (including phenoxy) is 8. The van der Waals surface area contributed by atoms with Gasteiger partial charge in [0.2, 0.25) is 0 Å². The fourth-order valence-electron chi connectivity index (χ4n) is 5.04. The number of hydrogen-bond donors (Lipinski definition) is 0. The number of nitrogens with zero attached hydrogens (tertiary/aromatic N) is 4. The third-order valence-electron chi connectivity index (χ3n) is 7.61. The zero-order chi connectivity index (χ0) is 30.6. The largest absolute Gasteiger partial charge is 1.00 e. The van der Waals surface area contributed by atoms with Crippen LogP contribution in [0.1, 0.15) is 12.8 Å². The first-order valence-corrected chi connectivity index (χ1v) is 16.6. The molecule has 0 bridgehead atoms. The normalized spacial score (nSPS) is 24.0. The van der Waals surface area contributed by atoms with Crippen molar-refractivity contribution in [3.8, 4) is 0 Å². The van der Waals surface area contributed by atoms with Crippen molar-refractivity contribution in [2.45, 2.75) is 12.8 Å². The molecule has 0 unspecified atom stereocenters. The second-order valence-corrected chi connectivity index (χ2v) is 11.0. The van der Waals surface area contributed by atoms with E-state index >= 15 is 0 Å². The van der Waals surface area contributed by atoms with Crippen molar-refractivity contribution in [3.05, 3.63) is 34.6 Å². The van der Waals surface area contributed by atoms with Gasteiger partial charge < -0.3 is 48.5 Å². The van der Waals surface area contributed by atoms with Crippen molar-refractivity contribution in [2.75, 3.05) is 165 Å². The van der Waals surface area contributed by atoms with E-state index in [1.165, 1.54) is 18.4 Å². The van der Waals surface area contributed by atoms with Gasteiger partial charge in [0.1, 0.15) is 0 Å². The molecule has 3 saturated heterocycles. The molecule has 0 aliphatic carbocycles. The van der Waals surface area contributed by atoms with Crippen LogP contribution in [0.25, 0.3) is 10.6 Å². The number of rotatable bonds is 4. The van der Waals surface area contributed by atoms with Gasteiger partial charge in [-0.2, -0.15) is 6.20 Å². The molecule has 0 atom stereocenters. The van der Waals surface area contributed by atoms with Crippen LogP contribution in [0.3, 0.4) is 0 Å². The average Bonchev–Trinajstić information content (AvgIpc) is 3.07. The predicted molar refractivity (Wildman–Crippen MR) is 171 cm³/mol. The fraction of sp³-hybridized carbons (Fsp3) is 0.875. The molecule has 12 nitrogen and oxygen atoms in total. The Bertz CT molecular complexity index is 706. The van der Waals surface area contributed by atoms with Gasteiger partial charge in [-0.1, -0.05) is 25.0 Å². The van der Waals surface area contributed by atoms with Crippen molar-refractivity contribution in [1.82, 2.24) is 9.80 Å². The summed E-state index contributed by atoms with van der Waals surface area (Å²) in [6.45, 7) is 19.1. The van der Waals surface area contributed by atoms with Crippen LogP contribution in [0.5, 0.6) is 0 Å². The van der Waals surface area contributed by atoms with Crippen LogP contribution >= 0.6 is 0 Å². The molecule has 0 radical (unpaired) electrons. The zero-order valence-corrected chi connectivity index (χ0v) is 30.5. The van der Waals surface area contributed by atoms with Crippen molar-refractivity contribution < 1.29 is 82.7 Å². The van der Waals surface area contributed by atoms with E-state index in [4.69, 9.17) is 37.9 Å². The molecule has 4 aliphatic rings. The summed E-state index contributed by atoms with van der Waals surface area (Å²) in [5.41, 5.74) is 1.31. The molecule has 46 heavy (non-hydrogen) atoms. The molecule has 0 saturated carbocycles. The molecule has 4 heterocycles. The Morgan fingerprint density at radius 3 is 1.33 bits per heavy atom. The van der Waals surface area contributed by atoms with Crippen LogP contribution < -0.4 is 0 Å². The van der Waals surface area contributed by atoms with Crippen LogP contribution in [-0.4, -0.2) is 174 Å². The minimum atomic E-state index is 0. The molecule has 0 N–H and O–H groups in total. The molecule has 0 amide bonds. The first-order chi connectivity index (χ1) is 21.9. The van der Waals surface area contributed by atoms with Crippen molar-refractivity contribution >= 4 is 0 Å². The fourth-order valence-corrected chi connectivity index (χ4v) is 5.04. The van der Waals surface area contributed by atoms with E-state index in [-0.39, 0.29) is 44.8 Å².